The molecule has 0 unspecified atom stereocenters. The minimum absolute atomic E-state index is 0.0291. The number of aromatic nitrogens is 1. The minimum Gasteiger partial charge on any atom is -0.469 e. The highest BCUT2D eigenvalue weighted by Crippen LogP contribution is 2.29. The SMILES string of the molecule is COC(=O)C1CCN(C(=O)Cn2cc(S(=O)(=O)Cc3ccccc3F)c3ccccc32)CC1. The van der Waals surface area contributed by atoms with Gasteiger partial charge in [0.1, 0.15) is 12.4 Å². The van der Waals surface area contributed by atoms with E-state index in [1.165, 1.54) is 31.5 Å². The smallest absolute Gasteiger partial charge is 0.308 e. The Bertz CT molecular complexity index is 1290. The summed E-state index contributed by atoms with van der Waals surface area (Å²) >= 11 is 0. The molecule has 33 heavy (non-hydrogen) atoms. The van der Waals surface area contributed by atoms with Gasteiger partial charge in [0.2, 0.25) is 5.91 Å². The molecule has 1 fully saturated rings. The zero-order valence-electron chi connectivity index (χ0n) is 18.2. The molecule has 2 heterocycles. The van der Waals surface area contributed by atoms with Crippen molar-refractivity contribution in [1.29, 1.82) is 0 Å². The molecule has 4 rings (SSSR count). The number of rotatable bonds is 6. The number of para-hydroxylation sites is 1. The summed E-state index contributed by atoms with van der Waals surface area (Å²) in [5, 5.41) is 0.492. The summed E-state index contributed by atoms with van der Waals surface area (Å²) in [6.07, 6.45) is 2.53. The molecule has 174 valence electrons. The fourth-order valence-electron chi connectivity index (χ4n) is 4.27. The molecule has 1 saturated heterocycles. The summed E-state index contributed by atoms with van der Waals surface area (Å²) in [5.41, 5.74) is 0.710. The molecule has 9 heteroatoms. The number of halogens is 1. The van der Waals surface area contributed by atoms with Gasteiger partial charge in [-0.2, -0.15) is 0 Å². The summed E-state index contributed by atoms with van der Waals surface area (Å²) in [6, 6.07) is 12.7. The van der Waals surface area contributed by atoms with Crippen molar-refractivity contribution in [2.75, 3.05) is 20.2 Å². The van der Waals surface area contributed by atoms with Crippen LogP contribution in [0.4, 0.5) is 4.39 Å². The van der Waals surface area contributed by atoms with E-state index in [4.69, 9.17) is 4.74 Å². The second kappa shape index (κ2) is 9.35. The standard InChI is InChI=1S/C24H25FN2O5S/c1-32-24(29)17-10-12-26(13-11-17)23(28)15-27-14-22(19-7-3-5-9-21(19)27)33(30,31)16-18-6-2-4-8-20(18)25/h2-9,14,17H,10-13,15-16H2,1H3. The maximum Gasteiger partial charge on any atom is 0.308 e. The third-order valence-corrected chi connectivity index (χ3v) is 7.76. The highest BCUT2D eigenvalue weighted by molar-refractivity contribution is 7.90. The van der Waals surface area contributed by atoms with Crippen molar-refractivity contribution >= 4 is 32.6 Å². The molecule has 0 spiro atoms. The lowest BCUT2D eigenvalue weighted by molar-refractivity contribution is -0.149. The number of carbonyl (C=O) groups excluding carboxylic acids is 2. The predicted octanol–water partition coefficient (Wildman–Crippen LogP) is 3.17. The first kappa shape index (κ1) is 23.0. The maximum absolute atomic E-state index is 14.1. The van der Waals surface area contributed by atoms with E-state index >= 15 is 0 Å². The Morgan fingerprint density at radius 2 is 1.73 bits per heavy atom. The Morgan fingerprint density at radius 1 is 1.06 bits per heavy atom. The lowest BCUT2D eigenvalue weighted by atomic mass is 9.97. The second-order valence-electron chi connectivity index (χ2n) is 8.17. The Morgan fingerprint density at radius 3 is 2.42 bits per heavy atom. The van der Waals surface area contributed by atoms with Gasteiger partial charge >= 0.3 is 5.97 Å². The quantitative estimate of drug-likeness (QED) is 0.515. The van der Waals surface area contributed by atoms with Crippen molar-refractivity contribution in [3.05, 3.63) is 66.1 Å². The molecule has 1 aliphatic heterocycles. The molecule has 2 aromatic carbocycles. The minimum atomic E-state index is -3.86. The number of likely N-dealkylation sites (tertiary alicyclic amines) is 1. The number of amides is 1. The average molecular weight is 473 g/mol. The van der Waals surface area contributed by atoms with Crippen molar-refractivity contribution < 1.29 is 27.1 Å². The number of benzene rings is 2. The largest absolute Gasteiger partial charge is 0.469 e. The van der Waals surface area contributed by atoms with E-state index in [1.54, 1.807) is 39.8 Å². The number of methoxy groups -OCH3 is 1. The first-order valence-electron chi connectivity index (χ1n) is 10.7. The van der Waals surface area contributed by atoms with E-state index in [1.807, 2.05) is 0 Å². The van der Waals surface area contributed by atoms with Crippen LogP contribution in [-0.4, -0.2) is 50.0 Å². The zero-order valence-corrected chi connectivity index (χ0v) is 19.1. The number of hydrogen-bond acceptors (Lipinski definition) is 5. The molecule has 1 aromatic heterocycles. The number of nitrogens with zero attached hydrogens (tertiary/aromatic N) is 2. The Kier molecular flexibility index (Phi) is 6.51. The average Bonchev–Trinajstić information content (AvgIpc) is 3.19. The Labute approximate surface area is 191 Å². The lowest BCUT2D eigenvalue weighted by Gasteiger charge is -2.30. The number of esters is 1. The van der Waals surface area contributed by atoms with Crippen molar-refractivity contribution in [3.8, 4) is 0 Å². The normalized spacial score (nSPS) is 15.0. The third kappa shape index (κ3) is 4.78. The number of hydrogen-bond donors (Lipinski definition) is 0. The molecule has 7 nitrogen and oxygen atoms in total. The monoisotopic (exact) mass is 472 g/mol. The van der Waals surface area contributed by atoms with Crippen LogP contribution in [0.5, 0.6) is 0 Å². The van der Waals surface area contributed by atoms with E-state index in [0.29, 0.717) is 36.8 Å². The maximum atomic E-state index is 14.1. The van der Waals surface area contributed by atoms with Crippen LogP contribution in [0.1, 0.15) is 18.4 Å². The molecule has 0 saturated carbocycles. The molecular weight excluding hydrogens is 447 g/mol. The van der Waals surface area contributed by atoms with Crippen molar-refractivity contribution in [2.45, 2.75) is 30.0 Å². The molecular formula is C24H25FN2O5S. The van der Waals surface area contributed by atoms with Crippen molar-refractivity contribution in [1.82, 2.24) is 9.47 Å². The van der Waals surface area contributed by atoms with Crippen LogP contribution in [0.3, 0.4) is 0 Å². The van der Waals surface area contributed by atoms with Gasteiger partial charge in [0, 0.05) is 35.8 Å². The van der Waals surface area contributed by atoms with Crippen LogP contribution < -0.4 is 0 Å². The van der Waals surface area contributed by atoms with Crippen molar-refractivity contribution in [3.63, 3.8) is 0 Å². The summed E-state index contributed by atoms with van der Waals surface area (Å²) in [7, 11) is -2.50. The first-order valence-corrected chi connectivity index (χ1v) is 12.3. The van der Waals surface area contributed by atoms with E-state index < -0.39 is 21.4 Å². The molecule has 1 aliphatic rings. The van der Waals surface area contributed by atoms with E-state index in [9.17, 15) is 22.4 Å². The summed E-state index contributed by atoms with van der Waals surface area (Å²) in [4.78, 5) is 26.4. The predicted molar refractivity (Wildman–Crippen MR) is 121 cm³/mol. The van der Waals surface area contributed by atoms with Crippen LogP contribution in [0, 0.1) is 11.7 Å². The topological polar surface area (TPSA) is 85.7 Å². The van der Waals surface area contributed by atoms with Crippen molar-refractivity contribution in [2.24, 2.45) is 5.92 Å². The zero-order chi connectivity index (χ0) is 23.6. The summed E-state index contributed by atoms with van der Waals surface area (Å²) in [5.74, 6) is -1.67. The number of carbonyl (C=O) groups is 2. The van der Waals surface area contributed by atoms with Gasteiger partial charge in [-0.15, -0.1) is 0 Å². The van der Waals surface area contributed by atoms with Crippen LogP contribution in [0.25, 0.3) is 10.9 Å². The molecule has 0 bridgehead atoms. The van der Waals surface area contributed by atoms with Crippen LogP contribution in [0.15, 0.2) is 59.6 Å². The fourth-order valence-corrected chi connectivity index (χ4v) is 5.86. The van der Waals surface area contributed by atoms with E-state index in [-0.39, 0.29) is 34.8 Å². The molecule has 3 aromatic rings. The van der Waals surface area contributed by atoms with Gasteiger partial charge < -0.3 is 14.2 Å². The van der Waals surface area contributed by atoms with Gasteiger partial charge in [0.15, 0.2) is 9.84 Å². The molecule has 0 N–H and O–H groups in total. The Hall–Kier alpha value is -3.20. The number of piperidine rings is 1. The van der Waals surface area contributed by atoms with Crippen LogP contribution in [-0.2, 0) is 36.5 Å². The first-order chi connectivity index (χ1) is 15.8. The summed E-state index contributed by atoms with van der Waals surface area (Å²) < 4.78 is 46.9. The number of sulfone groups is 1. The molecule has 0 atom stereocenters. The molecule has 0 radical (unpaired) electrons. The Balaban J connectivity index is 1.57. The highest BCUT2D eigenvalue weighted by atomic mass is 32.2. The molecule has 1 amide bonds. The van der Waals surface area contributed by atoms with Gasteiger partial charge in [-0.3, -0.25) is 9.59 Å². The third-order valence-electron chi connectivity index (χ3n) is 6.08. The molecule has 0 aliphatic carbocycles. The number of fused-ring (bicyclic) bond motifs is 1. The highest BCUT2D eigenvalue weighted by Gasteiger charge is 2.29. The lowest BCUT2D eigenvalue weighted by Crippen LogP contribution is -2.41. The van der Waals surface area contributed by atoms with E-state index in [2.05, 4.69) is 0 Å². The van der Waals surface area contributed by atoms with Crippen LogP contribution >= 0.6 is 0 Å². The van der Waals surface area contributed by atoms with Gasteiger partial charge in [-0.25, -0.2) is 12.8 Å². The van der Waals surface area contributed by atoms with Gasteiger partial charge in [0.05, 0.1) is 23.7 Å². The summed E-state index contributed by atoms with van der Waals surface area (Å²) in [6.45, 7) is 0.852. The van der Waals surface area contributed by atoms with Gasteiger partial charge in [0.25, 0.3) is 0 Å². The van der Waals surface area contributed by atoms with E-state index in [0.717, 1.165) is 0 Å². The number of ether oxygens (including phenoxy) is 1. The second-order valence-corrected chi connectivity index (χ2v) is 10.1. The van der Waals surface area contributed by atoms with Crippen LogP contribution in [0.2, 0.25) is 0 Å². The van der Waals surface area contributed by atoms with Gasteiger partial charge in [-0.1, -0.05) is 36.4 Å². The fraction of sp³-hybridized carbons (Fsp3) is 0.333. The van der Waals surface area contributed by atoms with Gasteiger partial charge in [-0.05, 0) is 25.0 Å².